The van der Waals surface area contributed by atoms with Crippen LogP contribution in [-0.2, 0) is 4.79 Å². The van der Waals surface area contributed by atoms with Crippen LogP contribution in [0.15, 0.2) is 23.8 Å². The third-order valence-corrected chi connectivity index (χ3v) is 2.88. The number of benzene rings is 1. The van der Waals surface area contributed by atoms with Crippen LogP contribution in [0.4, 0.5) is 5.69 Å². The van der Waals surface area contributed by atoms with E-state index in [4.69, 9.17) is 17.0 Å². The third-order valence-electron chi connectivity index (χ3n) is 2.65. The number of nitro groups is 1. The Morgan fingerprint density at radius 3 is 2.27 bits per heavy atom. The van der Waals surface area contributed by atoms with Gasteiger partial charge in [-0.05, 0) is 12.1 Å². The summed E-state index contributed by atoms with van der Waals surface area (Å²) in [5.41, 5.74) is -2.45. The Balaban J connectivity index is 0.00000441. The molecule has 0 N–H and O–H groups in total. The molecular formula is C14H12ClKN2O4. The Hall–Kier alpha value is -0.664. The number of carbonyl (C=O) groups excluding carboxylic acids is 2. The molecule has 1 rings (SSSR count). The van der Waals surface area contributed by atoms with E-state index in [1.165, 1.54) is 6.07 Å². The fourth-order valence-corrected chi connectivity index (χ4v) is 1.73. The summed E-state index contributed by atoms with van der Waals surface area (Å²) in [6, 6.07) is 3.43. The summed E-state index contributed by atoms with van der Waals surface area (Å²) >= 11 is 5.66. The molecule has 0 saturated heterocycles. The molecule has 0 unspecified atom stereocenters. The van der Waals surface area contributed by atoms with E-state index < -0.39 is 33.2 Å². The minimum absolute atomic E-state index is 0. The molecule has 0 fully saturated rings. The van der Waals surface area contributed by atoms with Gasteiger partial charge in [0.05, 0.1) is 10.5 Å². The van der Waals surface area contributed by atoms with E-state index in [1.807, 2.05) is 0 Å². The van der Waals surface area contributed by atoms with E-state index in [0.29, 0.717) is 0 Å². The Labute approximate surface area is 175 Å². The number of Topliss-reactive ketones (excluding diaryl/α,β-unsaturated/α-hetero) is 2. The van der Waals surface area contributed by atoms with E-state index in [-0.39, 0.29) is 62.0 Å². The van der Waals surface area contributed by atoms with Crippen LogP contribution in [0.25, 0.3) is 5.41 Å². The topological polar surface area (TPSA) is 99.6 Å². The molecule has 1 aromatic rings. The van der Waals surface area contributed by atoms with Crippen LogP contribution in [0.5, 0.6) is 0 Å². The summed E-state index contributed by atoms with van der Waals surface area (Å²) in [4.78, 5) is 34.5. The van der Waals surface area contributed by atoms with Crippen LogP contribution in [0, 0.1) is 15.5 Å². The van der Waals surface area contributed by atoms with Crippen LogP contribution in [-0.4, -0.2) is 22.4 Å². The standard InChI is InChI=1S/C14H12ClN2O4.K/c1-14(2,3)13(19)10(7-16)12(18)9-5-4-8(15)6-11(9)17(20)21;/h4-6H,1-3H3;/q-1;+1. The predicted octanol–water partition coefficient (Wildman–Crippen LogP) is 0.216. The van der Waals surface area contributed by atoms with Gasteiger partial charge >= 0.3 is 51.4 Å². The minimum Gasteiger partial charge on any atom is -0.763 e. The third kappa shape index (κ3) is 4.92. The normalized spacial score (nSPS) is 10.2. The van der Waals surface area contributed by atoms with Crippen LogP contribution in [0.3, 0.4) is 0 Å². The first-order valence-electron chi connectivity index (χ1n) is 5.90. The van der Waals surface area contributed by atoms with Gasteiger partial charge in [0.15, 0.2) is 5.78 Å². The van der Waals surface area contributed by atoms with Crippen molar-refractivity contribution in [2.24, 2.45) is 5.41 Å². The van der Waals surface area contributed by atoms with Crippen molar-refractivity contribution < 1.29 is 65.9 Å². The molecule has 0 amide bonds. The Bertz CT molecular complexity index is 689. The van der Waals surface area contributed by atoms with Crippen molar-refractivity contribution in [2.45, 2.75) is 20.8 Å². The summed E-state index contributed by atoms with van der Waals surface area (Å²) in [5.74, 6) is -0.0895. The molecule has 0 aliphatic rings. The first-order valence-corrected chi connectivity index (χ1v) is 6.28. The monoisotopic (exact) mass is 346 g/mol. The first kappa shape index (κ1) is 21.3. The number of nitro benzene ring substituents is 1. The van der Waals surface area contributed by atoms with Crippen LogP contribution >= 0.6 is 11.6 Å². The largest absolute Gasteiger partial charge is 1.00 e. The molecule has 6 nitrogen and oxygen atoms in total. The molecule has 0 aliphatic heterocycles. The molecule has 0 aromatic heterocycles. The van der Waals surface area contributed by atoms with Crippen molar-refractivity contribution in [3.63, 3.8) is 0 Å². The number of allylic oxidation sites excluding steroid dienone is 1. The second kappa shape index (κ2) is 8.26. The fraction of sp³-hybridized carbons (Fsp3) is 0.286. The maximum Gasteiger partial charge on any atom is 1.00 e. The van der Waals surface area contributed by atoms with Crippen molar-refractivity contribution >= 4 is 34.7 Å². The maximum absolute atomic E-state index is 12.3. The zero-order valence-electron chi connectivity index (χ0n) is 12.6. The number of carbonyl (C=O) groups is 2. The van der Waals surface area contributed by atoms with Gasteiger partial charge < -0.3 is 5.41 Å². The van der Waals surface area contributed by atoms with Crippen LogP contribution in [0.1, 0.15) is 31.1 Å². The van der Waals surface area contributed by atoms with Crippen LogP contribution < -0.4 is 51.4 Å². The SMILES string of the molecule is CC(C)(C)C(=O)C(=C=[N-])C(=O)c1ccc(Cl)cc1[N+](=O)[O-].[K+]. The molecule has 0 saturated carbocycles. The molecule has 22 heavy (non-hydrogen) atoms. The zero-order valence-corrected chi connectivity index (χ0v) is 16.5. The summed E-state index contributed by atoms with van der Waals surface area (Å²) in [6.45, 7) is 4.66. The first-order chi connectivity index (χ1) is 9.59. The molecule has 0 heterocycles. The summed E-state index contributed by atoms with van der Waals surface area (Å²) < 4.78 is 0. The number of rotatable bonds is 4. The zero-order chi connectivity index (χ0) is 16.4. The Morgan fingerprint density at radius 2 is 1.86 bits per heavy atom. The predicted molar refractivity (Wildman–Crippen MR) is 78.8 cm³/mol. The van der Waals surface area contributed by atoms with Gasteiger partial charge in [0.25, 0.3) is 5.69 Å². The molecule has 1 aromatic carbocycles. The molecule has 8 heteroatoms. The second-order valence-corrected chi connectivity index (χ2v) is 5.75. The summed E-state index contributed by atoms with van der Waals surface area (Å²) in [6.07, 6.45) is 0. The maximum atomic E-state index is 12.3. The molecule has 0 radical (unpaired) electrons. The van der Waals surface area contributed by atoms with Gasteiger partial charge in [-0.2, -0.15) is 0 Å². The Kier molecular flexibility index (Phi) is 8.01. The van der Waals surface area contributed by atoms with Gasteiger partial charge in [-0.3, -0.25) is 25.6 Å². The average molecular weight is 347 g/mol. The smallest absolute Gasteiger partial charge is 0.763 e. The molecule has 0 bridgehead atoms. The number of halogens is 1. The van der Waals surface area contributed by atoms with E-state index in [9.17, 15) is 19.7 Å². The fourth-order valence-electron chi connectivity index (χ4n) is 1.56. The number of hydrogen-bond acceptors (Lipinski definition) is 4. The second-order valence-electron chi connectivity index (χ2n) is 5.31. The van der Waals surface area contributed by atoms with E-state index >= 15 is 0 Å². The number of nitrogens with zero attached hydrogens (tertiary/aromatic N) is 2. The van der Waals surface area contributed by atoms with Gasteiger partial charge in [-0.25, -0.2) is 0 Å². The van der Waals surface area contributed by atoms with Crippen molar-refractivity contribution in [1.82, 2.24) is 0 Å². The Morgan fingerprint density at radius 1 is 1.32 bits per heavy atom. The molecule has 0 aliphatic carbocycles. The van der Waals surface area contributed by atoms with Crippen molar-refractivity contribution in [3.05, 3.63) is 49.9 Å². The molecule has 110 valence electrons. The van der Waals surface area contributed by atoms with E-state index in [1.54, 1.807) is 26.6 Å². The van der Waals surface area contributed by atoms with E-state index in [2.05, 4.69) is 0 Å². The van der Waals surface area contributed by atoms with E-state index in [0.717, 1.165) is 12.1 Å². The van der Waals surface area contributed by atoms with Crippen molar-refractivity contribution in [1.29, 1.82) is 0 Å². The number of hydrogen-bond donors (Lipinski definition) is 0. The summed E-state index contributed by atoms with van der Waals surface area (Å²) in [5, 5.41) is 20.1. The van der Waals surface area contributed by atoms with Gasteiger partial charge in [0, 0.05) is 16.5 Å². The average Bonchev–Trinajstić information content (AvgIpc) is 2.37. The van der Waals surface area contributed by atoms with Crippen LogP contribution in [0.2, 0.25) is 5.02 Å². The van der Waals surface area contributed by atoms with Gasteiger partial charge in [-0.15, -0.1) is 0 Å². The molecule has 0 atom stereocenters. The van der Waals surface area contributed by atoms with Crippen molar-refractivity contribution in [3.8, 4) is 0 Å². The quantitative estimate of drug-likeness (QED) is 0.114. The van der Waals surface area contributed by atoms with Gasteiger partial charge in [-0.1, -0.05) is 32.4 Å². The van der Waals surface area contributed by atoms with Gasteiger partial charge in [0.1, 0.15) is 5.56 Å². The molecular weight excluding hydrogens is 335 g/mol. The molecule has 0 spiro atoms. The van der Waals surface area contributed by atoms with Crippen molar-refractivity contribution in [2.75, 3.05) is 0 Å². The minimum atomic E-state index is -0.971. The number of ketones is 2. The van der Waals surface area contributed by atoms with Gasteiger partial charge in [0.2, 0.25) is 5.78 Å². The summed E-state index contributed by atoms with van der Waals surface area (Å²) in [7, 11) is 0.